The highest BCUT2D eigenvalue weighted by Gasteiger charge is 2.26. The second-order valence-corrected chi connectivity index (χ2v) is 5.69. The summed E-state index contributed by atoms with van der Waals surface area (Å²) in [5, 5.41) is 29.0. The van der Waals surface area contributed by atoms with Crippen LogP contribution in [0.1, 0.15) is 50.6 Å². The van der Waals surface area contributed by atoms with Crippen molar-refractivity contribution in [1.29, 1.82) is 0 Å². The zero-order chi connectivity index (χ0) is 17.2. The molecule has 0 amide bonds. The first-order valence-electron chi connectivity index (χ1n) is 7.82. The summed E-state index contributed by atoms with van der Waals surface area (Å²) in [6.45, 7) is 2.15. The average Bonchev–Trinajstić information content (AvgIpc) is 2.92. The molecule has 23 heavy (non-hydrogen) atoms. The van der Waals surface area contributed by atoms with Crippen LogP contribution in [-0.2, 0) is 9.59 Å². The molecule has 1 aromatic carbocycles. The number of carboxylic acids is 2. The third kappa shape index (κ3) is 7.76. The van der Waals surface area contributed by atoms with Crippen LogP contribution in [0.2, 0.25) is 0 Å². The fourth-order valence-corrected chi connectivity index (χ4v) is 2.51. The predicted molar refractivity (Wildman–Crippen MR) is 86.1 cm³/mol. The molecule has 6 nitrogen and oxygen atoms in total. The van der Waals surface area contributed by atoms with Gasteiger partial charge in [-0.05, 0) is 31.7 Å². The summed E-state index contributed by atoms with van der Waals surface area (Å²) < 4.78 is 0. The molecule has 1 aromatic rings. The highest BCUT2D eigenvalue weighted by Crippen LogP contribution is 2.22. The Morgan fingerprint density at radius 3 is 2.13 bits per heavy atom. The van der Waals surface area contributed by atoms with Crippen molar-refractivity contribution in [2.75, 3.05) is 0 Å². The number of hydrogen-bond acceptors (Lipinski definition) is 4. The van der Waals surface area contributed by atoms with Gasteiger partial charge in [-0.15, -0.1) is 0 Å². The molecule has 1 fully saturated rings. The van der Waals surface area contributed by atoms with E-state index in [-0.39, 0.29) is 25.0 Å². The number of hydrogen-bond donors (Lipinski definition) is 4. The van der Waals surface area contributed by atoms with Crippen LogP contribution >= 0.6 is 0 Å². The average molecular weight is 323 g/mol. The van der Waals surface area contributed by atoms with Gasteiger partial charge in [-0.1, -0.05) is 30.3 Å². The van der Waals surface area contributed by atoms with Gasteiger partial charge in [-0.2, -0.15) is 0 Å². The smallest absolute Gasteiger partial charge is 0.303 e. The van der Waals surface area contributed by atoms with Crippen molar-refractivity contribution in [2.24, 2.45) is 0 Å². The largest absolute Gasteiger partial charge is 0.481 e. The minimum absolute atomic E-state index is 0.156. The minimum atomic E-state index is -1.08. The third-order valence-corrected chi connectivity index (χ3v) is 3.80. The lowest BCUT2D eigenvalue weighted by molar-refractivity contribution is -0.143. The normalized spacial score (nSPS) is 21.1. The van der Waals surface area contributed by atoms with E-state index in [9.17, 15) is 14.7 Å². The molecule has 3 atom stereocenters. The molecule has 4 N–H and O–H groups in total. The molecule has 0 aliphatic heterocycles. The number of benzene rings is 1. The summed E-state index contributed by atoms with van der Waals surface area (Å²) >= 11 is 0. The summed E-state index contributed by atoms with van der Waals surface area (Å²) in [4.78, 5) is 19.3. The van der Waals surface area contributed by atoms with Gasteiger partial charge < -0.3 is 20.6 Å². The van der Waals surface area contributed by atoms with E-state index in [0.717, 1.165) is 19.3 Å². The van der Waals surface area contributed by atoms with Crippen molar-refractivity contribution in [3.05, 3.63) is 35.9 Å². The van der Waals surface area contributed by atoms with Crippen molar-refractivity contribution in [3.63, 3.8) is 0 Å². The van der Waals surface area contributed by atoms with Crippen molar-refractivity contribution >= 4 is 11.9 Å². The number of aliphatic carboxylic acids is 2. The Morgan fingerprint density at radius 2 is 1.70 bits per heavy atom. The van der Waals surface area contributed by atoms with Crippen molar-refractivity contribution in [2.45, 2.75) is 57.2 Å². The molecule has 0 radical (unpaired) electrons. The van der Waals surface area contributed by atoms with Crippen LogP contribution in [0.5, 0.6) is 0 Å². The van der Waals surface area contributed by atoms with Crippen LogP contribution in [0, 0.1) is 0 Å². The van der Waals surface area contributed by atoms with Gasteiger partial charge in [-0.3, -0.25) is 9.59 Å². The molecule has 1 saturated carbocycles. The van der Waals surface area contributed by atoms with Gasteiger partial charge in [0, 0.05) is 12.1 Å². The van der Waals surface area contributed by atoms with Crippen molar-refractivity contribution in [1.82, 2.24) is 5.32 Å². The molecule has 1 aliphatic rings. The van der Waals surface area contributed by atoms with Crippen LogP contribution in [-0.4, -0.2) is 39.4 Å². The van der Waals surface area contributed by atoms with E-state index in [4.69, 9.17) is 10.2 Å². The van der Waals surface area contributed by atoms with E-state index in [2.05, 4.69) is 36.5 Å². The number of aliphatic hydroxyl groups is 1. The molecule has 0 aromatic heterocycles. The highest BCUT2D eigenvalue weighted by atomic mass is 16.4. The van der Waals surface area contributed by atoms with Gasteiger partial charge >= 0.3 is 11.9 Å². The summed E-state index contributed by atoms with van der Waals surface area (Å²) in [5.74, 6) is -2.15. The van der Waals surface area contributed by atoms with Gasteiger partial charge in [0.05, 0.1) is 18.9 Å². The summed E-state index contributed by atoms with van der Waals surface area (Å²) in [6.07, 6.45) is 2.43. The Balaban J connectivity index is 0.000000284. The molecule has 0 unspecified atom stereocenters. The monoisotopic (exact) mass is 323 g/mol. The zero-order valence-corrected chi connectivity index (χ0v) is 13.3. The molecule has 2 rings (SSSR count). The first-order chi connectivity index (χ1) is 10.9. The van der Waals surface area contributed by atoms with Crippen LogP contribution in [0.3, 0.4) is 0 Å². The molecule has 0 spiro atoms. The number of carbonyl (C=O) groups is 2. The Labute approximate surface area is 136 Å². The number of carboxylic acid groups (broad SMARTS) is 2. The maximum absolute atomic E-state index is 9.72. The molecule has 0 saturated heterocycles. The van der Waals surface area contributed by atoms with E-state index >= 15 is 0 Å². The van der Waals surface area contributed by atoms with Crippen LogP contribution in [0.15, 0.2) is 30.3 Å². The highest BCUT2D eigenvalue weighted by molar-refractivity contribution is 5.75. The Bertz CT molecular complexity index is 477. The quantitative estimate of drug-likeness (QED) is 0.639. The lowest BCUT2D eigenvalue weighted by Gasteiger charge is -2.22. The molecule has 6 heteroatoms. The van der Waals surface area contributed by atoms with Gasteiger partial charge in [0.1, 0.15) is 0 Å². The topological polar surface area (TPSA) is 107 Å². The lowest BCUT2D eigenvalue weighted by Crippen LogP contribution is -2.37. The van der Waals surface area contributed by atoms with Gasteiger partial charge in [0.2, 0.25) is 0 Å². The number of nitrogens with one attached hydrogen (secondary N) is 1. The third-order valence-electron chi connectivity index (χ3n) is 3.80. The molecule has 0 bridgehead atoms. The standard InChI is InChI=1S/C13H19NO.C4H6O4/c1-10(11-6-3-2-4-7-11)14-12-8-5-9-13(12)15;5-3(6)1-2-4(7)8/h2-4,6-7,10,12-15H,5,8-9H2,1H3;1-2H2,(H,5,6)(H,7,8)/t10-,12-,13-;/m1./s1. The van der Waals surface area contributed by atoms with Crippen LogP contribution < -0.4 is 5.32 Å². The van der Waals surface area contributed by atoms with Gasteiger partial charge in [0.15, 0.2) is 0 Å². The maximum Gasteiger partial charge on any atom is 0.303 e. The molecule has 128 valence electrons. The summed E-state index contributed by atoms with van der Waals surface area (Å²) in [7, 11) is 0. The Hall–Kier alpha value is -1.92. The SMILES string of the molecule is C[C@@H](N[C@@H]1CCC[C@H]1O)c1ccccc1.O=C(O)CCC(=O)O. The van der Waals surface area contributed by atoms with Crippen LogP contribution in [0.4, 0.5) is 0 Å². The fourth-order valence-electron chi connectivity index (χ4n) is 2.51. The fraction of sp³-hybridized carbons (Fsp3) is 0.529. The second kappa shape index (κ2) is 9.97. The van der Waals surface area contributed by atoms with E-state index in [1.54, 1.807) is 0 Å². The predicted octanol–water partition coefficient (Wildman–Crippen LogP) is 2.19. The van der Waals surface area contributed by atoms with Crippen LogP contribution in [0.25, 0.3) is 0 Å². The van der Waals surface area contributed by atoms with E-state index < -0.39 is 11.9 Å². The zero-order valence-electron chi connectivity index (χ0n) is 13.3. The molecular weight excluding hydrogens is 298 g/mol. The molecule has 1 aliphatic carbocycles. The van der Waals surface area contributed by atoms with Crippen molar-refractivity contribution < 1.29 is 24.9 Å². The van der Waals surface area contributed by atoms with Gasteiger partial charge in [0.25, 0.3) is 0 Å². The van der Waals surface area contributed by atoms with E-state index in [1.807, 2.05) is 6.07 Å². The number of rotatable bonds is 6. The Morgan fingerprint density at radius 1 is 1.13 bits per heavy atom. The first-order valence-corrected chi connectivity index (χ1v) is 7.82. The second-order valence-electron chi connectivity index (χ2n) is 5.69. The summed E-state index contributed by atoms with van der Waals surface area (Å²) in [5.41, 5.74) is 1.29. The Kier molecular flexibility index (Phi) is 8.29. The molecular formula is C17H25NO5. The van der Waals surface area contributed by atoms with Crippen molar-refractivity contribution in [3.8, 4) is 0 Å². The van der Waals surface area contributed by atoms with Gasteiger partial charge in [-0.25, -0.2) is 0 Å². The first kappa shape index (κ1) is 19.1. The maximum atomic E-state index is 9.72. The number of aliphatic hydroxyl groups excluding tert-OH is 1. The minimum Gasteiger partial charge on any atom is -0.481 e. The lowest BCUT2D eigenvalue weighted by atomic mass is 10.1. The summed E-state index contributed by atoms with van der Waals surface area (Å²) in [6, 6.07) is 11.0. The molecule has 0 heterocycles. The van der Waals surface area contributed by atoms with E-state index in [1.165, 1.54) is 5.56 Å². The van der Waals surface area contributed by atoms with E-state index in [0.29, 0.717) is 6.04 Å².